The maximum atomic E-state index is 12.8. The number of rotatable bonds is 3. The molecule has 5 nitrogen and oxygen atoms in total. The highest BCUT2D eigenvalue weighted by Gasteiger charge is 2.30. The molecule has 29 heavy (non-hydrogen) atoms. The molecule has 0 spiro atoms. The molecule has 0 aliphatic carbocycles. The minimum absolute atomic E-state index is 0.0266. The maximum absolute atomic E-state index is 12.8. The predicted molar refractivity (Wildman–Crippen MR) is 102 cm³/mol. The van der Waals surface area contributed by atoms with Gasteiger partial charge in [0.15, 0.2) is 17.1 Å². The van der Waals surface area contributed by atoms with Gasteiger partial charge in [0.25, 0.3) is 0 Å². The van der Waals surface area contributed by atoms with Gasteiger partial charge in [-0.1, -0.05) is 6.07 Å². The number of phenols is 1. The van der Waals surface area contributed by atoms with Gasteiger partial charge in [0, 0.05) is 6.20 Å². The highest BCUT2D eigenvalue weighted by atomic mass is 19.4. The minimum atomic E-state index is -4.40. The average molecular weight is 399 g/mol. The Morgan fingerprint density at radius 2 is 1.76 bits per heavy atom. The number of hydrogen-bond donors (Lipinski definition) is 1. The molecule has 0 amide bonds. The van der Waals surface area contributed by atoms with Gasteiger partial charge in [-0.25, -0.2) is 9.67 Å². The molecule has 8 heteroatoms. The summed E-state index contributed by atoms with van der Waals surface area (Å²) in [7, 11) is 1.47. The van der Waals surface area contributed by atoms with E-state index < -0.39 is 11.7 Å². The fourth-order valence-electron chi connectivity index (χ4n) is 3.27. The van der Waals surface area contributed by atoms with E-state index in [4.69, 9.17) is 4.74 Å². The number of nitrogens with zero attached hydrogens (tertiary/aromatic N) is 3. The second-order valence-electron chi connectivity index (χ2n) is 6.49. The molecule has 0 aliphatic rings. The second-order valence-corrected chi connectivity index (χ2v) is 6.49. The van der Waals surface area contributed by atoms with E-state index in [9.17, 15) is 18.3 Å². The molecule has 0 fully saturated rings. The average Bonchev–Trinajstić information content (AvgIpc) is 3.05. The Labute approximate surface area is 164 Å². The van der Waals surface area contributed by atoms with Crippen molar-refractivity contribution >= 4 is 11.0 Å². The van der Waals surface area contributed by atoms with Crippen LogP contribution in [-0.4, -0.2) is 27.0 Å². The third-order valence-electron chi connectivity index (χ3n) is 4.67. The molecular weight excluding hydrogens is 383 g/mol. The molecule has 0 radical (unpaired) electrons. The Bertz CT molecular complexity index is 1200. The van der Waals surface area contributed by atoms with Gasteiger partial charge in [0.1, 0.15) is 0 Å². The summed E-state index contributed by atoms with van der Waals surface area (Å²) in [5.41, 5.74) is 2.57. The van der Waals surface area contributed by atoms with Gasteiger partial charge in [0.05, 0.1) is 29.4 Å². The Morgan fingerprint density at radius 1 is 1.03 bits per heavy atom. The predicted octanol–water partition coefficient (Wildman–Crippen LogP) is 5.13. The molecule has 4 rings (SSSR count). The van der Waals surface area contributed by atoms with Crippen molar-refractivity contribution in [2.24, 2.45) is 0 Å². The Morgan fingerprint density at radius 3 is 2.41 bits per heavy atom. The van der Waals surface area contributed by atoms with Crippen LogP contribution in [0, 0.1) is 6.92 Å². The third kappa shape index (κ3) is 3.26. The first-order chi connectivity index (χ1) is 13.8. The SMILES string of the molecule is COc1cc(-c2ccnc3c2c(C)nn3-c2ccc(C(F)(F)F)cc2)ccc1O. The molecule has 2 heterocycles. The zero-order chi connectivity index (χ0) is 20.8. The molecule has 1 N–H and O–H groups in total. The Balaban J connectivity index is 1.87. The van der Waals surface area contributed by atoms with Crippen LogP contribution in [0.4, 0.5) is 13.2 Å². The van der Waals surface area contributed by atoms with E-state index in [1.54, 1.807) is 18.3 Å². The lowest BCUT2D eigenvalue weighted by Gasteiger charge is -2.09. The smallest absolute Gasteiger partial charge is 0.416 e. The number of aryl methyl sites for hydroxylation is 1. The number of fused-ring (bicyclic) bond motifs is 1. The van der Waals surface area contributed by atoms with Gasteiger partial charge >= 0.3 is 6.18 Å². The van der Waals surface area contributed by atoms with Crippen molar-refractivity contribution in [3.63, 3.8) is 0 Å². The topological polar surface area (TPSA) is 60.2 Å². The summed E-state index contributed by atoms with van der Waals surface area (Å²) in [6, 6.07) is 11.6. The van der Waals surface area contributed by atoms with Gasteiger partial charge < -0.3 is 9.84 Å². The molecule has 0 saturated heterocycles. The third-order valence-corrected chi connectivity index (χ3v) is 4.67. The number of aromatic nitrogens is 3. The maximum Gasteiger partial charge on any atom is 0.416 e. The molecular formula is C21H16F3N3O2. The number of aromatic hydroxyl groups is 1. The molecule has 0 unspecified atom stereocenters. The molecule has 0 bridgehead atoms. The second kappa shape index (κ2) is 6.80. The first-order valence-corrected chi connectivity index (χ1v) is 8.69. The van der Waals surface area contributed by atoms with Gasteiger partial charge in [-0.3, -0.25) is 0 Å². The van der Waals surface area contributed by atoms with E-state index in [1.165, 1.54) is 30.0 Å². The minimum Gasteiger partial charge on any atom is -0.504 e. The van der Waals surface area contributed by atoms with Gasteiger partial charge in [-0.05, 0) is 60.5 Å². The summed E-state index contributed by atoms with van der Waals surface area (Å²) in [4.78, 5) is 4.39. The standard InChI is InChI=1S/C21H16F3N3O2/c1-12-19-16(13-3-8-17(28)18(11-13)29-2)9-10-25-20(19)27(26-12)15-6-4-14(5-7-15)21(22,23)24/h3-11,28H,1-2H3. The zero-order valence-electron chi connectivity index (χ0n) is 15.5. The van der Waals surface area contributed by atoms with Crippen LogP contribution in [0.3, 0.4) is 0 Å². The summed E-state index contributed by atoms with van der Waals surface area (Å²) >= 11 is 0. The number of hydrogen-bond acceptors (Lipinski definition) is 4. The van der Waals surface area contributed by atoms with E-state index in [1.807, 2.05) is 13.0 Å². The van der Waals surface area contributed by atoms with Gasteiger partial charge in [-0.2, -0.15) is 18.3 Å². The van der Waals surface area contributed by atoms with Crippen molar-refractivity contribution in [3.8, 4) is 28.3 Å². The number of alkyl halides is 3. The van der Waals surface area contributed by atoms with Gasteiger partial charge in [-0.15, -0.1) is 0 Å². The Hall–Kier alpha value is -3.55. The fourth-order valence-corrected chi connectivity index (χ4v) is 3.27. The summed E-state index contributed by atoms with van der Waals surface area (Å²) < 4.78 is 45.2. The number of methoxy groups -OCH3 is 1. The molecule has 0 aliphatic heterocycles. The lowest BCUT2D eigenvalue weighted by atomic mass is 10.0. The van der Waals surface area contributed by atoms with Crippen LogP contribution in [0.15, 0.2) is 54.7 Å². The van der Waals surface area contributed by atoms with E-state index in [0.717, 1.165) is 28.6 Å². The first-order valence-electron chi connectivity index (χ1n) is 8.69. The molecule has 148 valence electrons. The molecule has 2 aromatic carbocycles. The van der Waals surface area contributed by atoms with E-state index >= 15 is 0 Å². The van der Waals surface area contributed by atoms with Crippen LogP contribution >= 0.6 is 0 Å². The number of phenolic OH excluding ortho intramolecular Hbond substituents is 1. The van der Waals surface area contributed by atoms with Crippen molar-refractivity contribution in [1.29, 1.82) is 0 Å². The quantitative estimate of drug-likeness (QED) is 0.519. The monoisotopic (exact) mass is 399 g/mol. The van der Waals surface area contributed by atoms with E-state index in [2.05, 4.69) is 10.1 Å². The summed E-state index contributed by atoms with van der Waals surface area (Å²) in [6.07, 6.45) is -2.79. The first kappa shape index (κ1) is 18.8. The van der Waals surface area contributed by atoms with Crippen molar-refractivity contribution in [3.05, 3.63) is 66.0 Å². The Kier molecular flexibility index (Phi) is 4.41. The lowest BCUT2D eigenvalue weighted by Crippen LogP contribution is -2.05. The fraction of sp³-hybridized carbons (Fsp3) is 0.143. The molecule has 0 atom stereocenters. The van der Waals surface area contributed by atoms with Crippen molar-refractivity contribution in [1.82, 2.24) is 14.8 Å². The van der Waals surface area contributed by atoms with Crippen molar-refractivity contribution < 1.29 is 23.0 Å². The molecule has 0 saturated carbocycles. The van der Waals surface area contributed by atoms with Crippen LogP contribution in [0.25, 0.3) is 27.8 Å². The molecule has 2 aromatic heterocycles. The van der Waals surface area contributed by atoms with Crippen LogP contribution in [-0.2, 0) is 6.18 Å². The number of pyridine rings is 1. The van der Waals surface area contributed by atoms with Crippen LogP contribution in [0.5, 0.6) is 11.5 Å². The number of ether oxygens (including phenoxy) is 1. The van der Waals surface area contributed by atoms with Crippen LogP contribution in [0.1, 0.15) is 11.3 Å². The van der Waals surface area contributed by atoms with Gasteiger partial charge in [0.2, 0.25) is 0 Å². The summed E-state index contributed by atoms with van der Waals surface area (Å²) in [5, 5.41) is 15.1. The normalized spacial score (nSPS) is 11.8. The number of halogens is 3. The zero-order valence-corrected chi connectivity index (χ0v) is 15.5. The largest absolute Gasteiger partial charge is 0.504 e. The van der Waals surface area contributed by atoms with Crippen LogP contribution < -0.4 is 4.74 Å². The summed E-state index contributed by atoms with van der Waals surface area (Å²) in [5.74, 6) is 0.360. The van der Waals surface area contributed by atoms with Crippen molar-refractivity contribution in [2.45, 2.75) is 13.1 Å². The molecule has 4 aromatic rings. The van der Waals surface area contributed by atoms with Crippen LogP contribution in [0.2, 0.25) is 0 Å². The van der Waals surface area contributed by atoms with E-state index in [-0.39, 0.29) is 5.75 Å². The lowest BCUT2D eigenvalue weighted by molar-refractivity contribution is -0.137. The highest BCUT2D eigenvalue weighted by Crippen LogP contribution is 2.36. The highest BCUT2D eigenvalue weighted by molar-refractivity contribution is 5.95. The number of benzene rings is 2. The summed E-state index contributed by atoms with van der Waals surface area (Å²) in [6.45, 7) is 1.81. The van der Waals surface area contributed by atoms with Crippen molar-refractivity contribution in [2.75, 3.05) is 7.11 Å². The van der Waals surface area contributed by atoms with E-state index in [0.29, 0.717) is 22.8 Å².